The average molecular weight is 258 g/mol. The molecule has 0 fully saturated rings. The molecule has 1 unspecified atom stereocenters. The number of allylic oxidation sites excluding steroid dienone is 1. The van der Waals surface area contributed by atoms with Crippen molar-refractivity contribution in [3.63, 3.8) is 0 Å². The third-order valence-corrected chi connectivity index (χ3v) is 2.58. The van der Waals surface area contributed by atoms with Crippen molar-refractivity contribution in [2.75, 3.05) is 13.6 Å². The molecule has 0 aliphatic heterocycles. The highest BCUT2D eigenvalue weighted by atomic mass is 15.1. The molecule has 0 saturated carbocycles. The van der Waals surface area contributed by atoms with Crippen LogP contribution in [-0.4, -0.2) is 24.5 Å². The highest BCUT2D eigenvalue weighted by Gasteiger charge is 2.17. The number of hydrogen-bond acceptors (Lipinski definition) is 1. The van der Waals surface area contributed by atoms with E-state index >= 15 is 0 Å². The summed E-state index contributed by atoms with van der Waals surface area (Å²) < 4.78 is 0. The summed E-state index contributed by atoms with van der Waals surface area (Å²) in [6.45, 7) is 22.2. The zero-order valence-corrected chi connectivity index (χ0v) is 14.6. The summed E-state index contributed by atoms with van der Waals surface area (Å²) in [5.74, 6) is 0. The van der Waals surface area contributed by atoms with Gasteiger partial charge in [-0.25, -0.2) is 0 Å². The third kappa shape index (κ3) is 18.1. The second kappa shape index (κ2) is 14.8. The summed E-state index contributed by atoms with van der Waals surface area (Å²) in [6.07, 6.45) is 5.63. The average Bonchev–Trinajstić information content (AvgIpc) is 2.32. The fourth-order valence-electron chi connectivity index (χ4n) is 1.75. The molecule has 0 rings (SSSR count). The lowest BCUT2D eigenvalue weighted by Crippen LogP contribution is -2.33. The first-order valence-corrected chi connectivity index (χ1v) is 7.68. The maximum atomic E-state index is 3.74. The summed E-state index contributed by atoms with van der Waals surface area (Å²) in [5, 5.41) is 0. The Morgan fingerprint density at radius 3 is 1.89 bits per heavy atom. The Labute approximate surface area is 118 Å². The van der Waals surface area contributed by atoms with Gasteiger partial charge in [0.05, 0.1) is 0 Å². The molecule has 0 aromatic heterocycles. The van der Waals surface area contributed by atoms with Crippen molar-refractivity contribution in [3.05, 3.63) is 12.7 Å². The molecule has 0 amide bonds. The van der Waals surface area contributed by atoms with E-state index in [9.17, 15) is 0 Å². The highest BCUT2D eigenvalue weighted by Crippen LogP contribution is 2.22. The standard InChI is InChI=1S/C13H27N.2C2H6/c1-7-8-9-10-14(6)12(2)11-13(3,4)5;2*1-2/h7,12H,1,8-11H2,2-6H3;2*1-2H3. The molecule has 0 radical (unpaired) electrons. The molecule has 18 heavy (non-hydrogen) atoms. The number of rotatable bonds is 6. The van der Waals surface area contributed by atoms with Crippen LogP contribution in [0.25, 0.3) is 0 Å². The van der Waals surface area contributed by atoms with Gasteiger partial charge in [0.15, 0.2) is 0 Å². The topological polar surface area (TPSA) is 3.24 Å². The SMILES string of the molecule is C=CCCCN(C)C(C)CC(C)(C)C.CC.CC. The Hall–Kier alpha value is -0.300. The monoisotopic (exact) mass is 257 g/mol. The van der Waals surface area contributed by atoms with Crippen molar-refractivity contribution >= 4 is 0 Å². The molecule has 0 heterocycles. The van der Waals surface area contributed by atoms with Crippen LogP contribution in [0, 0.1) is 5.41 Å². The maximum Gasteiger partial charge on any atom is 0.00688 e. The first-order chi connectivity index (χ1) is 8.37. The van der Waals surface area contributed by atoms with Gasteiger partial charge in [0.25, 0.3) is 0 Å². The molecular weight excluding hydrogens is 218 g/mol. The summed E-state index contributed by atoms with van der Waals surface area (Å²) in [4.78, 5) is 2.45. The van der Waals surface area contributed by atoms with Crippen LogP contribution in [0.2, 0.25) is 0 Å². The van der Waals surface area contributed by atoms with E-state index in [1.807, 2.05) is 33.8 Å². The molecule has 112 valence electrons. The van der Waals surface area contributed by atoms with Crippen molar-refractivity contribution < 1.29 is 0 Å². The normalized spacial score (nSPS) is 11.9. The van der Waals surface area contributed by atoms with Gasteiger partial charge in [-0.05, 0) is 45.2 Å². The fourth-order valence-corrected chi connectivity index (χ4v) is 1.75. The Bertz CT molecular complexity index is 155. The zero-order chi connectivity index (χ0) is 15.2. The molecule has 1 nitrogen and oxygen atoms in total. The van der Waals surface area contributed by atoms with E-state index in [1.54, 1.807) is 0 Å². The summed E-state index contributed by atoms with van der Waals surface area (Å²) >= 11 is 0. The van der Waals surface area contributed by atoms with Crippen LogP contribution in [0.3, 0.4) is 0 Å². The predicted octanol–water partition coefficient (Wildman–Crippen LogP) is 5.76. The van der Waals surface area contributed by atoms with Crippen molar-refractivity contribution in [1.82, 2.24) is 4.90 Å². The minimum atomic E-state index is 0.437. The van der Waals surface area contributed by atoms with E-state index in [2.05, 4.69) is 46.2 Å². The van der Waals surface area contributed by atoms with Gasteiger partial charge in [0, 0.05) is 6.04 Å². The van der Waals surface area contributed by atoms with E-state index in [1.165, 1.54) is 19.4 Å². The van der Waals surface area contributed by atoms with Gasteiger partial charge in [-0.1, -0.05) is 54.5 Å². The van der Waals surface area contributed by atoms with Gasteiger partial charge >= 0.3 is 0 Å². The van der Waals surface area contributed by atoms with Gasteiger partial charge in [-0.15, -0.1) is 6.58 Å². The summed E-state index contributed by atoms with van der Waals surface area (Å²) in [5.41, 5.74) is 0.437. The van der Waals surface area contributed by atoms with Gasteiger partial charge < -0.3 is 4.90 Å². The second-order valence-electron chi connectivity index (χ2n) is 5.53. The first kappa shape index (κ1) is 22.8. The zero-order valence-electron chi connectivity index (χ0n) is 14.6. The quantitative estimate of drug-likeness (QED) is 0.432. The van der Waals surface area contributed by atoms with Gasteiger partial charge in [0.2, 0.25) is 0 Å². The molecule has 0 aliphatic rings. The Kier molecular flexibility index (Phi) is 18.7. The van der Waals surface area contributed by atoms with Crippen molar-refractivity contribution in [2.45, 2.75) is 80.7 Å². The Morgan fingerprint density at radius 2 is 1.56 bits per heavy atom. The third-order valence-electron chi connectivity index (χ3n) is 2.58. The second-order valence-corrected chi connectivity index (χ2v) is 5.53. The molecule has 0 spiro atoms. The maximum absolute atomic E-state index is 3.74. The van der Waals surface area contributed by atoms with Gasteiger partial charge in [0.1, 0.15) is 0 Å². The molecular formula is C17H39N. The lowest BCUT2D eigenvalue weighted by atomic mass is 9.88. The number of nitrogens with zero attached hydrogens (tertiary/aromatic N) is 1. The summed E-state index contributed by atoms with van der Waals surface area (Å²) in [6, 6.07) is 0.680. The Balaban J connectivity index is -0.000000506. The molecule has 0 aliphatic carbocycles. The first-order valence-electron chi connectivity index (χ1n) is 7.68. The Morgan fingerprint density at radius 1 is 1.11 bits per heavy atom. The van der Waals surface area contributed by atoms with Crippen LogP contribution >= 0.6 is 0 Å². The fraction of sp³-hybridized carbons (Fsp3) is 0.882. The molecule has 1 atom stereocenters. The largest absolute Gasteiger partial charge is 0.304 e. The van der Waals surface area contributed by atoms with E-state index < -0.39 is 0 Å². The van der Waals surface area contributed by atoms with E-state index in [4.69, 9.17) is 0 Å². The molecule has 0 bridgehead atoms. The van der Waals surface area contributed by atoms with Crippen LogP contribution in [-0.2, 0) is 0 Å². The van der Waals surface area contributed by atoms with Gasteiger partial charge in [-0.2, -0.15) is 0 Å². The molecule has 0 aromatic carbocycles. The van der Waals surface area contributed by atoms with Crippen LogP contribution in [0.15, 0.2) is 12.7 Å². The predicted molar refractivity (Wildman–Crippen MR) is 88.3 cm³/mol. The van der Waals surface area contributed by atoms with E-state index in [0.29, 0.717) is 11.5 Å². The molecule has 1 heteroatoms. The minimum absolute atomic E-state index is 0.437. The van der Waals surface area contributed by atoms with Gasteiger partial charge in [-0.3, -0.25) is 0 Å². The molecule has 0 saturated heterocycles. The number of unbranched alkanes of at least 4 members (excludes halogenated alkanes) is 1. The van der Waals surface area contributed by atoms with Crippen molar-refractivity contribution in [1.29, 1.82) is 0 Å². The van der Waals surface area contributed by atoms with E-state index in [0.717, 1.165) is 6.42 Å². The number of hydrogen-bond donors (Lipinski definition) is 0. The van der Waals surface area contributed by atoms with Crippen LogP contribution < -0.4 is 0 Å². The van der Waals surface area contributed by atoms with Crippen LogP contribution in [0.5, 0.6) is 0 Å². The molecule has 0 N–H and O–H groups in total. The van der Waals surface area contributed by atoms with E-state index in [-0.39, 0.29) is 0 Å². The lowest BCUT2D eigenvalue weighted by Gasteiger charge is -2.30. The van der Waals surface area contributed by atoms with Crippen molar-refractivity contribution in [2.24, 2.45) is 5.41 Å². The van der Waals surface area contributed by atoms with Crippen molar-refractivity contribution in [3.8, 4) is 0 Å². The smallest absolute Gasteiger partial charge is 0.00688 e. The lowest BCUT2D eigenvalue weighted by molar-refractivity contribution is 0.191. The summed E-state index contributed by atoms with van der Waals surface area (Å²) in [7, 11) is 2.22. The highest BCUT2D eigenvalue weighted by molar-refractivity contribution is 4.73. The van der Waals surface area contributed by atoms with Crippen LogP contribution in [0.1, 0.15) is 74.7 Å². The minimum Gasteiger partial charge on any atom is -0.304 e. The molecule has 0 aromatic rings. The van der Waals surface area contributed by atoms with Crippen LogP contribution in [0.4, 0.5) is 0 Å².